The second-order valence-corrected chi connectivity index (χ2v) is 4.87. The second-order valence-electron chi connectivity index (χ2n) is 3.06. The summed E-state index contributed by atoms with van der Waals surface area (Å²) >= 11 is 3.43. The van der Waals surface area contributed by atoms with Gasteiger partial charge in [0.1, 0.15) is 6.67 Å². The molecule has 1 amide bonds. The van der Waals surface area contributed by atoms with E-state index in [0.717, 1.165) is 0 Å². The van der Waals surface area contributed by atoms with E-state index in [1.165, 1.54) is 11.0 Å². The Morgan fingerprint density at radius 2 is 2.50 bits per heavy atom. The summed E-state index contributed by atoms with van der Waals surface area (Å²) in [4.78, 5) is 12.6. The van der Waals surface area contributed by atoms with Crippen LogP contribution in [0.4, 0.5) is 4.39 Å². The zero-order valence-corrected chi connectivity index (χ0v) is 8.47. The minimum atomic E-state index is -0.483. The number of amides is 1. The van der Waals surface area contributed by atoms with Crippen LogP contribution in [0.1, 0.15) is 6.92 Å². The van der Waals surface area contributed by atoms with Crippen LogP contribution in [-0.2, 0) is 4.79 Å². The Morgan fingerprint density at radius 3 is 3.08 bits per heavy atom. The number of hydrogen-bond donors (Lipinski definition) is 0. The maximum absolute atomic E-state index is 12.0. The third-order valence-corrected chi connectivity index (χ3v) is 2.25. The number of carbonyl (C=O) groups excluding carboxylic acids is 1. The number of halogens is 2. The van der Waals surface area contributed by atoms with Crippen molar-refractivity contribution in [1.29, 1.82) is 0 Å². The fourth-order valence-corrected chi connectivity index (χ4v) is 1.58. The van der Waals surface area contributed by atoms with Gasteiger partial charge in [0.15, 0.2) is 0 Å². The number of hydrogen-bond acceptors (Lipinski definition) is 1. The van der Waals surface area contributed by atoms with Crippen molar-refractivity contribution in [2.24, 2.45) is 0 Å². The van der Waals surface area contributed by atoms with E-state index in [2.05, 4.69) is 15.9 Å². The van der Waals surface area contributed by atoms with Crippen LogP contribution in [-0.4, -0.2) is 34.9 Å². The molecule has 12 heavy (non-hydrogen) atoms. The zero-order chi connectivity index (χ0) is 9.19. The molecule has 2 nitrogen and oxygen atoms in total. The molecular weight excluding hydrogens is 225 g/mol. The van der Waals surface area contributed by atoms with E-state index in [-0.39, 0.29) is 16.8 Å². The van der Waals surface area contributed by atoms with E-state index in [9.17, 15) is 9.18 Å². The Hall–Kier alpha value is -0.380. The number of alkyl halides is 2. The summed E-state index contributed by atoms with van der Waals surface area (Å²) < 4.78 is 11.8. The van der Waals surface area contributed by atoms with E-state index >= 15 is 0 Å². The average Bonchev–Trinajstić information content (AvgIpc) is 1.97. The third-order valence-electron chi connectivity index (χ3n) is 1.74. The van der Waals surface area contributed by atoms with E-state index in [0.29, 0.717) is 6.54 Å². The topological polar surface area (TPSA) is 20.3 Å². The highest BCUT2D eigenvalue weighted by Gasteiger charge is 2.27. The Morgan fingerprint density at radius 1 is 1.83 bits per heavy atom. The molecule has 0 radical (unpaired) electrons. The van der Waals surface area contributed by atoms with Crippen molar-refractivity contribution in [3.05, 3.63) is 12.2 Å². The molecule has 0 N–H and O–H groups in total. The summed E-state index contributed by atoms with van der Waals surface area (Å²) in [5.74, 6) is -0.107. The molecule has 0 aliphatic carbocycles. The van der Waals surface area contributed by atoms with Gasteiger partial charge in [0, 0.05) is 19.2 Å². The molecule has 0 saturated heterocycles. The van der Waals surface area contributed by atoms with E-state index < -0.39 is 6.67 Å². The van der Waals surface area contributed by atoms with Crippen LogP contribution in [0.25, 0.3) is 0 Å². The second kappa shape index (κ2) is 3.56. The highest BCUT2D eigenvalue weighted by Crippen LogP contribution is 2.24. The smallest absolute Gasteiger partial charge is 0.246 e. The molecule has 0 bridgehead atoms. The third kappa shape index (κ3) is 2.30. The number of rotatable bonds is 2. The van der Waals surface area contributed by atoms with Gasteiger partial charge in [-0.2, -0.15) is 0 Å². The Kier molecular flexibility index (Phi) is 2.88. The van der Waals surface area contributed by atoms with Crippen molar-refractivity contribution in [3.63, 3.8) is 0 Å². The van der Waals surface area contributed by atoms with Gasteiger partial charge in [-0.15, -0.1) is 0 Å². The molecule has 0 saturated carbocycles. The van der Waals surface area contributed by atoms with Crippen molar-refractivity contribution in [2.75, 3.05) is 19.8 Å². The Bertz CT molecular complexity index is 215. The summed E-state index contributed by atoms with van der Waals surface area (Å²) in [6, 6.07) is 0. The molecule has 0 aromatic carbocycles. The van der Waals surface area contributed by atoms with Crippen LogP contribution >= 0.6 is 15.9 Å². The van der Waals surface area contributed by atoms with Gasteiger partial charge in [-0.25, -0.2) is 4.39 Å². The molecule has 0 aromatic heterocycles. The fourth-order valence-electron chi connectivity index (χ4n) is 1.15. The van der Waals surface area contributed by atoms with Crippen molar-refractivity contribution in [3.8, 4) is 0 Å². The molecule has 1 heterocycles. The van der Waals surface area contributed by atoms with Crippen LogP contribution < -0.4 is 0 Å². The van der Waals surface area contributed by atoms with Gasteiger partial charge < -0.3 is 4.90 Å². The van der Waals surface area contributed by atoms with Gasteiger partial charge in [0.05, 0.1) is 4.32 Å². The van der Waals surface area contributed by atoms with Crippen LogP contribution in [0, 0.1) is 0 Å². The summed E-state index contributed by atoms with van der Waals surface area (Å²) in [7, 11) is 0. The minimum absolute atomic E-state index is 0.107. The zero-order valence-electron chi connectivity index (χ0n) is 6.89. The summed E-state index contributed by atoms with van der Waals surface area (Å²) in [5.41, 5.74) is 0. The first-order valence-corrected chi connectivity index (χ1v) is 4.57. The maximum Gasteiger partial charge on any atom is 0.246 e. The molecule has 0 spiro atoms. The molecule has 0 fully saturated rings. The van der Waals surface area contributed by atoms with E-state index in [1.807, 2.05) is 6.92 Å². The predicted molar refractivity (Wildman–Crippen MR) is 49.0 cm³/mol. The molecule has 1 atom stereocenters. The first-order chi connectivity index (χ1) is 5.55. The standard InChI is InChI=1S/C8H11BrFNO/c1-8(9)3-2-7(12)11(6-8)5-4-10/h2-3H,4-6H2,1H3. The highest BCUT2D eigenvalue weighted by atomic mass is 79.9. The lowest BCUT2D eigenvalue weighted by Crippen LogP contribution is -2.43. The molecule has 0 aromatic rings. The fraction of sp³-hybridized carbons (Fsp3) is 0.625. The summed E-state index contributed by atoms with van der Waals surface area (Å²) in [6.45, 7) is 2.18. The molecule has 1 rings (SSSR count). The van der Waals surface area contributed by atoms with Crippen LogP contribution in [0.15, 0.2) is 12.2 Å². The van der Waals surface area contributed by atoms with E-state index in [1.54, 1.807) is 6.08 Å². The molecule has 1 unspecified atom stereocenters. The largest absolute Gasteiger partial charge is 0.335 e. The van der Waals surface area contributed by atoms with E-state index in [4.69, 9.17) is 0 Å². The van der Waals surface area contributed by atoms with Crippen molar-refractivity contribution >= 4 is 21.8 Å². The molecule has 68 valence electrons. The van der Waals surface area contributed by atoms with Gasteiger partial charge in [-0.05, 0) is 6.92 Å². The van der Waals surface area contributed by atoms with Crippen LogP contribution in [0.3, 0.4) is 0 Å². The number of nitrogens with zero attached hydrogens (tertiary/aromatic N) is 1. The Labute approximate surface area is 79.6 Å². The van der Waals surface area contributed by atoms with Crippen molar-refractivity contribution in [2.45, 2.75) is 11.2 Å². The number of carbonyl (C=O) groups is 1. The molecular formula is C8H11BrFNO. The highest BCUT2D eigenvalue weighted by molar-refractivity contribution is 9.10. The lowest BCUT2D eigenvalue weighted by Gasteiger charge is -2.31. The Balaban J connectivity index is 2.67. The summed E-state index contributed by atoms with van der Waals surface area (Å²) in [5, 5.41) is 0. The molecule has 4 heteroatoms. The van der Waals surface area contributed by atoms with Crippen LogP contribution in [0.5, 0.6) is 0 Å². The van der Waals surface area contributed by atoms with Gasteiger partial charge in [-0.1, -0.05) is 22.0 Å². The van der Waals surface area contributed by atoms with Crippen LogP contribution in [0.2, 0.25) is 0 Å². The average molecular weight is 236 g/mol. The van der Waals surface area contributed by atoms with Gasteiger partial charge >= 0.3 is 0 Å². The van der Waals surface area contributed by atoms with Gasteiger partial charge in [0.2, 0.25) is 5.91 Å². The molecule has 1 aliphatic heterocycles. The lowest BCUT2D eigenvalue weighted by atomic mass is 10.1. The molecule has 1 aliphatic rings. The predicted octanol–water partition coefficient (Wildman–Crippen LogP) is 1.51. The normalized spacial score (nSPS) is 29.6. The SMILES string of the molecule is CC1(Br)C=CC(=O)N(CCF)C1. The van der Waals surface area contributed by atoms with Crippen molar-refractivity contribution in [1.82, 2.24) is 4.90 Å². The van der Waals surface area contributed by atoms with Gasteiger partial charge in [-0.3, -0.25) is 4.79 Å². The van der Waals surface area contributed by atoms with Crippen molar-refractivity contribution < 1.29 is 9.18 Å². The first kappa shape index (κ1) is 9.71. The summed E-state index contributed by atoms with van der Waals surface area (Å²) in [6.07, 6.45) is 3.28. The minimum Gasteiger partial charge on any atom is -0.335 e. The quantitative estimate of drug-likeness (QED) is 0.665. The lowest BCUT2D eigenvalue weighted by molar-refractivity contribution is -0.127. The first-order valence-electron chi connectivity index (χ1n) is 3.78. The maximum atomic E-state index is 12.0. The van der Waals surface area contributed by atoms with Gasteiger partial charge in [0.25, 0.3) is 0 Å². The monoisotopic (exact) mass is 235 g/mol.